The van der Waals surface area contributed by atoms with Gasteiger partial charge in [0.05, 0.1) is 11.1 Å². The van der Waals surface area contributed by atoms with Crippen molar-refractivity contribution >= 4 is 34.5 Å². The van der Waals surface area contributed by atoms with Gasteiger partial charge in [-0.25, -0.2) is 4.79 Å². The fraction of sp³-hybridized carbons (Fsp3) is 0.176. The van der Waals surface area contributed by atoms with E-state index in [0.717, 1.165) is 30.0 Å². The Labute approximate surface area is 244 Å². The Hall–Kier alpha value is -5.78. The smallest absolute Gasteiger partial charge is 0.344 e. The maximum atomic E-state index is 13.0. The molecule has 42 heavy (non-hydrogen) atoms. The first-order valence-corrected chi connectivity index (χ1v) is 13.4. The van der Waals surface area contributed by atoms with E-state index in [-0.39, 0.29) is 22.5 Å². The van der Waals surface area contributed by atoms with E-state index in [4.69, 9.17) is 9.15 Å². The Morgan fingerprint density at radius 1 is 0.857 bits per heavy atom. The van der Waals surface area contributed by atoms with Gasteiger partial charge in [-0.3, -0.25) is 0 Å². The second-order valence-corrected chi connectivity index (χ2v) is 9.54. The average molecular weight is 556 g/mol. The summed E-state index contributed by atoms with van der Waals surface area (Å²) in [7, 11) is 3.93. The van der Waals surface area contributed by atoms with Gasteiger partial charge in [-0.2, -0.15) is 15.8 Å². The highest BCUT2D eigenvalue weighted by atomic mass is 16.5. The summed E-state index contributed by atoms with van der Waals surface area (Å²) >= 11 is 0. The lowest BCUT2D eigenvalue weighted by atomic mass is 10.0. The molecule has 0 fully saturated rings. The first-order chi connectivity index (χ1) is 20.3. The normalized spacial score (nSPS) is 12.7. The van der Waals surface area contributed by atoms with Crippen LogP contribution in [0.25, 0.3) is 23.1 Å². The predicted molar refractivity (Wildman–Crippen MR) is 165 cm³/mol. The first kappa shape index (κ1) is 29.2. The van der Waals surface area contributed by atoms with Crippen molar-refractivity contribution in [3.63, 3.8) is 0 Å². The van der Waals surface area contributed by atoms with Crippen LogP contribution >= 0.6 is 0 Å². The lowest BCUT2D eigenvalue weighted by Gasteiger charge is -2.21. The van der Waals surface area contributed by atoms with Gasteiger partial charge in [0.1, 0.15) is 40.9 Å². The highest BCUT2D eigenvalue weighted by Gasteiger charge is 2.16. The minimum atomic E-state index is -0.661. The van der Waals surface area contributed by atoms with Crippen molar-refractivity contribution in [1.29, 1.82) is 15.8 Å². The molecule has 2 aromatic carbocycles. The summed E-state index contributed by atoms with van der Waals surface area (Å²) in [6.45, 7) is 5.65. The lowest BCUT2D eigenvalue weighted by molar-refractivity contribution is 0.332. The van der Waals surface area contributed by atoms with Crippen LogP contribution in [0.1, 0.15) is 30.5 Å². The number of benzene rings is 2. The predicted octanol–water partition coefficient (Wildman–Crippen LogP) is 6.45. The standard InChI is InChI=1S/C34H29N5O3/c1-5-39(6-2)27-12-15-30-32(22-37)31(34(40)42-33(30)19-27)16-14-29-18-24(25(20-35)21-36)17-28(41-29)13-9-23-7-10-26(11-8-23)38(3)4/h7-19H,5-6H2,1-4H3/b13-9+,16-14+. The summed E-state index contributed by atoms with van der Waals surface area (Å²) in [4.78, 5) is 17.1. The van der Waals surface area contributed by atoms with Crippen molar-refractivity contribution in [3.8, 4) is 18.2 Å². The number of fused-ring (bicyclic) bond motifs is 1. The molecule has 0 atom stereocenters. The molecule has 0 radical (unpaired) electrons. The van der Waals surface area contributed by atoms with Crippen LogP contribution in [0.3, 0.4) is 0 Å². The Morgan fingerprint density at radius 2 is 1.48 bits per heavy atom. The number of nitriles is 3. The highest BCUT2D eigenvalue weighted by molar-refractivity contribution is 5.88. The molecule has 0 bridgehead atoms. The third-order valence-electron chi connectivity index (χ3n) is 6.77. The summed E-state index contributed by atoms with van der Waals surface area (Å²) in [5, 5.41) is 29.4. The molecule has 3 aromatic rings. The number of hydrogen-bond donors (Lipinski definition) is 0. The Kier molecular flexibility index (Phi) is 9.07. The summed E-state index contributed by atoms with van der Waals surface area (Å²) in [5.41, 5.74) is 3.10. The van der Waals surface area contributed by atoms with E-state index in [2.05, 4.69) is 11.0 Å². The van der Waals surface area contributed by atoms with Gasteiger partial charge in [-0.1, -0.05) is 18.2 Å². The second kappa shape index (κ2) is 13.0. The van der Waals surface area contributed by atoms with E-state index >= 15 is 0 Å². The largest absolute Gasteiger partial charge is 0.457 e. The zero-order valence-electron chi connectivity index (χ0n) is 23.9. The van der Waals surface area contributed by atoms with Gasteiger partial charge in [0.2, 0.25) is 0 Å². The van der Waals surface area contributed by atoms with Gasteiger partial charge in [0, 0.05) is 55.6 Å². The average Bonchev–Trinajstić information content (AvgIpc) is 3.00. The molecule has 0 aliphatic carbocycles. The fourth-order valence-electron chi connectivity index (χ4n) is 4.49. The van der Waals surface area contributed by atoms with Crippen LogP contribution in [0, 0.1) is 34.0 Å². The van der Waals surface area contributed by atoms with E-state index in [9.17, 15) is 20.6 Å². The number of hydrogen-bond acceptors (Lipinski definition) is 8. The van der Waals surface area contributed by atoms with Gasteiger partial charge >= 0.3 is 5.63 Å². The van der Waals surface area contributed by atoms with Crippen molar-refractivity contribution in [2.75, 3.05) is 37.0 Å². The molecule has 1 aliphatic rings. The fourth-order valence-corrected chi connectivity index (χ4v) is 4.49. The molecule has 0 spiro atoms. The highest BCUT2D eigenvalue weighted by Crippen LogP contribution is 2.28. The second-order valence-electron chi connectivity index (χ2n) is 9.54. The molecule has 0 N–H and O–H groups in total. The summed E-state index contributed by atoms with van der Waals surface area (Å²) in [6.07, 6.45) is 9.69. The monoisotopic (exact) mass is 555 g/mol. The van der Waals surface area contributed by atoms with Crippen LogP contribution < -0.4 is 15.4 Å². The van der Waals surface area contributed by atoms with Gasteiger partial charge in [0.25, 0.3) is 0 Å². The Bertz CT molecular complexity index is 1830. The van der Waals surface area contributed by atoms with E-state index in [0.29, 0.717) is 22.3 Å². The lowest BCUT2D eigenvalue weighted by Crippen LogP contribution is -2.21. The Morgan fingerprint density at radius 3 is 2.05 bits per heavy atom. The number of anilines is 2. The third-order valence-corrected chi connectivity index (χ3v) is 6.77. The van der Waals surface area contributed by atoms with Crippen LogP contribution in [0.5, 0.6) is 0 Å². The molecule has 0 saturated carbocycles. The van der Waals surface area contributed by atoms with Crippen LogP contribution in [0.2, 0.25) is 0 Å². The Balaban J connectivity index is 1.70. The van der Waals surface area contributed by atoms with E-state index in [1.54, 1.807) is 24.3 Å². The molecule has 8 nitrogen and oxygen atoms in total. The molecule has 0 amide bonds. The SMILES string of the molecule is CCN(CC)c1ccc2c(C#N)c(/C=C/C3=CC(=C(C#N)C#N)C=C(/C=C/c4ccc(N(C)C)cc4)O3)c(=O)oc2c1. The van der Waals surface area contributed by atoms with E-state index in [1.165, 1.54) is 18.2 Å². The number of nitrogens with zero attached hydrogens (tertiary/aromatic N) is 5. The molecule has 0 saturated heterocycles. The maximum absolute atomic E-state index is 13.0. The van der Waals surface area contributed by atoms with Crippen LogP contribution in [-0.2, 0) is 4.74 Å². The zero-order valence-corrected chi connectivity index (χ0v) is 23.9. The van der Waals surface area contributed by atoms with Crippen molar-refractivity contribution in [3.05, 3.63) is 117 Å². The van der Waals surface area contributed by atoms with Gasteiger partial charge < -0.3 is 19.0 Å². The minimum Gasteiger partial charge on any atom is -0.457 e. The van der Waals surface area contributed by atoms with E-state index < -0.39 is 5.63 Å². The number of allylic oxidation sites excluding steroid dienone is 6. The van der Waals surface area contributed by atoms with E-state index in [1.807, 2.05) is 81.4 Å². The molecule has 1 aliphatic heterocycles. The van der Waals surface area contributed by atoms with Crippen LogP contribution in [0.4, 0.5) is 11.4 Å². The molecule has 208 valence electrons. The maximum Gasteiger partial charge on any atom is 0.344 e. The molecule has 0 unspecified atom stereocenters. The molecular weight excluding hydrogens is 526 g/mol. The van der Waals surface area contributed by atoms with Crippen LogP contribution in [-0.4, -0.2) is 27.2 Å². The first-order valence-electron chi connectivity index (χ1n) is 13.4. The summed E-state index contributed by atoms with van der Waals surface area (Å²) in [6, 6.07) is 19.3. The topological polar surface area (TPSA) is 117 Å². The molecule has 4 rings (SSSR count). The zero-order chi connectivity index (χ0) is 30.2. The van der Waals surface area contributed by atoms with Crippen molar-refractivity contribution < 1.29 is 9.15 Å². The molecule has 8 heteroatoms. The molecule has 1 aromatic heterocycles. The van der Waals surface area contributed by atoms with Gasteiger partial charge in [-0.05, 0) is 74.1 Å². The van der Waals surface area contributed by atoms with Crippen molar-refractivity contribution in [2.45, 2.75) is 13.8 Å². The van der Waals surface area contributed by atoms with Gasteiger partial charge in [0.15, 0.2) is 0 Å². The summed E-state index contributed by atoms with van der Waals surface area (Å²) < 4.78 is 11.6. The van der Waals surface area contributed by atoms with Crippen LogP contribution in [0.15, 0.2) is 98.6 Å². The number of ether oxygens (including phenoxy) is 1. The van der Waals surface area contributed by atoms with Gasteiger partial charge in [-0.15, -0.1) is 0 Å². The minimum absolute atomic E-state index is 0.0732. The quantitative estimate of drug-likeness (QED) is 0.230. The molecule has 2 heterocycles. The third kappa shape index (κ3) is 6.33. The summed E-state index contributed by atoms with van der Waals surface area (Å²) in [5.74, 6) is 0.667. The molecular formula is C34H29N5O3. The van der Waals surface area contributed by atoms with Crippen molar-refractivity contribution in [1.82, 2.24) is 0 Å². The van der Waals surface area contributed by atoms with Crippen molar-refractivity contribution in [2.24, 2.45) is 0 Å². The number of rotatable bonds is 8.